The highest BCUT2D eigenvalue weighted by molar-refractivity contribution is 8.00. The molecule has 13 nitrogen and oxygen atoms in total. The van der Waals surface area contributed by atoms with Gasteiger partial charge in [-0.3, -0.25) is 33.6 Å². The van der Waals surface area contributed by atoms with Crippen LogP contribution in [0.3, 0.4) is 0 Å². The standard InChI is InChI=1S/C17H15N5O8S/c1-7(23)30-5-9-6-31-15-11(14(26)22(15)12(9)16(27)28)19-10(24)4-21-3-8(2-18)13(25)20-17(21)29/h3,11,15H,4-6H2,1H3,(H,19,24)(H,27,28)(H,20,25,29)/t11-,15-/m1/s1. The third-order valence-electron chi connectivity index (χ3n) is 4.46. The summed E-state index contributed by atoms with van der Waals surface area (Å²) in [5, 5.41) is 20.1. The van der Waals surface area contributed by atoms with Crippen molar-refractivity contribution in [1.29, 1.82) is 5.26 Å². The van der Waals surface area contributed by atoms with E-state index in [1.165, 1.54) is 18.7 Å². The maximum absolute atomic E-state index is 12.5. The number of β-lactam (4-membered cyclic amide) rings is 1. The summed E-state index contributed by atoms with van der Waals surface area (Å²) in [6.45, 7) is 0.339. The van der Waals surface area contributed by atoms with Gasteiger partial charge in [0.1, 0.15) is 41.9 Å². The summed E-state index contributed by atoms with van der Waals surface area (Å²) in [5.41, 5.74) is -2.19. The topological polar surface area (TPSA) is 192 Å². The molecule has 0 radical (unpaired) electrons. The van der Waals surface area contributed by atoms with Crippen molar-refractivity contribution in [2.45, 2.75) is 24.9 Å². The molecule has 0 saturated carbocycles. The van der Waals surface area contributed by atoms with E-state index in [1.807, 2.05) is 4.98 Å². The number of hydrogen-bond donors (Lipinski definition) is 3. The molecule has 0 spiro atoms. The number of H-pyrrole nitrogens is 1. The Hall–Kier alpha value is -3.86. The average molecular weight is 449 g/mol. The van der Waals surface area contributed by atoms with Crippen LogP contribution in [-0.4, -0.2) is 67.1 Å². The molecule has 3 heterocycles. The first-order valence-corrected chi connectivity index (χ1v) is 9.75. The number of nitrogens with one attached hydrogen (secondary N) is 2. The molecule has 2 atom stereocenters. The molecule has 162 valence electrons. The number of carbonyl (C=O) groups is 4. The summed E-state index contributed by atoms with van der Waals surface area (Å²) in [5.74, 6) is -3.21. The van der Waals surface area contributed by atoms with Gasteiger partial charge in [0.2, 0.25) is 5.91 Å². The number of nitrogens with zero attached hydrogens (tertiary/aromatic N) is 3. The molecule has 2 amide bonds. The molecule has 2 aliphatic rings. The van der Waals surface area contributed by atoms with Gasteiger partial charge in [-0.25, -0.2) is 9.59 Å². The van der Waals surface area contributed by atoms with Crippen LogP contribution in [0.1, 0.15) is 12.5 Å². The van der Waals surface area contributed by atoms with Crippen molar-refractivity contribution in [3.63, 3.8) is 0 Å². The van der Waals surface area contributed by atoms with Crippen molar-refractivity contribution >= 4 is 35.5 Å². The summed E-state index contributed by atoms with van der Waals surface area (Å²) in [4.78, 5) is 73.6. The third-order valence-corrected chi connectivity index (χ3v) is 5.80. The number of carbonyl (C=O) groups excluding carboxylic acids is 3. The maximum atomic E-state index is 12.5. The van der Waals surface area contributed by atoms with Gasteiger partial charge >= 0.3 is 17.6 Å². The number of carboxylic acid groups (broad SMARTS) is 1. The van der Waals surface area contributed by atoms with Gasteiger partial charge in [-0.15, -0.1) is 11.8 Å². The highest BCUT2D eigenvalue weighted by Gasteiger charge is 2.54. The second-order valence-electron chi connectivity index (χ2n) is 6.53. The number of nitriles is 1. The Labute approximate surface area is 177 Å². The zero-order chi connectivity index (χ0) is 22.9. The second-order valence-corrected chi connectivity index (χ2v) is 7.64. The van der Waals surface area contributed by atoms with Crippen molar-refractivity contribution in [3.05, 3.63) is 43.9 Å². The lowest BCUT2D eigenvalue weighted by molar-refractivity contribution is -0.151. The first-order chi connectivity index (χ1) is 14.6. The predicted octanol–water partition coefficient (Wildman–Crippen LogP) is -2.29. The summed E-state index contributed by atoms with van der Waals surface area (Å²) in [6.07, 6.45) is 0.928. The summed E-state index contributed by atoms with van der Waals surface area (Å²) >= 11 is 1.18. The van der Waals surface area contributed by atoms with Crippen LogP contribution < -0.4 is 16.6 Å². The zero-order valence-electron chi connectivity index (χ0n) is 15.9. The number of ether oxygens (including phenoxy) is 1. The van der Waals surface area contributed by atoms with Gasteiger partial charge in [0.15, 0.2) is 0 Å². The number of carboxylic acids is 1. The monoisotopic (exact) mass is 449 g/mol. The van der Waals surface area contributed by atoms with E-state index in [2.05, 4.69) is 5.32 Å². The van der Waals surface area contributed by atoms with E-state index in [4.69, 9.17) is 10.00 Å². The van der Waals surface area contributed by atoms with Gasteiger partial charge in [-0.05, 0) is 0 Å². The molecule has 1 aromatic rings. The Kier molecular flexibility index (Phi) is 5.97. The molecule has 14 heteroatoms. The summed E-state index contributed by atoms with van der Waals surface area (Å²) in [6, 6.07) is 0.558. The van der Waals surface area contributed by atoms with E-state index < -0.39 is 53.0 Å². The molecular formula is C17H15N5O8S. The molecule has 0 aliphatic carbocycles. The number of thioether (sulfide) groups is 1. The van der Waals surface area contributed by atoms with Crippen LogP contribution in [0.4, 0.5) is 0 Å². The molecule has 1 aromatic heterocycles. The van der Waals surface area contributed by atoms with E-state index in [1.54, 1.807) is 6.07 Å². The smallest absolute Gasteiger partial charge is 0.352 e. The van der Waals surface area contributed by atoms with Crippen LogP contribution in [0.5, 0.6) is 0 Å². The minimum atomic E-state index is -1.37. The molecule has 0 unspecified atom stereocenters. The lowest BCUT2D eigenvalue weighted by Gasteiger charge is -2.49. The second kappa shape index (κ2) is 8.48. The Morgan fingerprint density at radius 1 is 1.39 bits per heavy atom. The van der Waals surface area contributed by atoms with Gasteiger partial charge in [0.05, 0.1) is 0 Å². The largest absolute Gasteiger partial charge is 0.477 e. The van der Waals surface area contributed by atoms with E-state index >= 15 is 0 Å². The van der Waals surface area contributed by atoms with Crippen molar-refractivity contribution < 1.29 is 29.0 Å². The van der Waals surface area contributed by atoms with Crippen LogP contribution in [-0.2, 0) is 30.5 Å². The molecule has 3 rings (SSSR count). The van der Waals surface area contributed by atoms with E-state index in [0.717, 1.165) is 15.7 Å². The highest BCUT2D eigenvalue weighted by atomic mass is 32.2. The van der Waals surface area contributed by atoms with Crippen molar-refractivity contribution in [2.75, 3.05) is 12.4 Å². The van der Waals surface area contributed by atoms with Crippen molar-refractivity contribution in [3.8, 4) is 6.07 Å². The van der Waals surface area contributed by atoms with Crippen LogP contribution in [0.2, 0.25) is 0 Å². The molecule has 0 bridgehead atoms. The number of esters is 1. The van der Waals surface area contributed by atoms with Gasteiger partial charge in [0.25, 0.3) is 11.5 Å². The molecule has 31 heavy (non-hydrogen) atoms. The maximum Gasteiger partial charge on any atom is 0.352 e. The van der Waals surface area contributed by atoms with E-state index in [9.17, 15) is 33.9 Å². The highest BCUT2D eigenvalue weighted by Crippen LogP contribution is 2.40. The van der Waals surface area contributed by atoms with Crippen molar-refractivity contribution in [2.24, 2.45) is 0 Å². The van der Waals surface area contributed by atoms with Gasteiger partial charge < -0.3 is 15.2 Å². The fraction of sp³-hybridized carbons (Fsp3) is 0.353. The van der Waals surface area contributed by atoms with Crippen LogP contribution in [0.15, 0.2) is 27.1 Å². The lowest BCUT2D eigenvalue weighted by Crippen LogP contribution is -2.70. The van der Waals surface area contributed by atoms with E-state index in [0.29, 0.717) is 0 Å². The number of aliphatic carboxylic acids is 1. The number of amides is 2. The number of hydrogen-bond acceptors (Lipinski definition) is 9. The minimum absolute atomic E-state index is 0.167. The molecule has 1 saturated heterocycles. The first kappa shape index (κ1) is 21.8. The normalized spacial score (nSPS) is 19.7. The quantitative estimate of drug-likeness (QED) is 0.314. The van der Waals surface area contributed by atoms with Crippen LogP contribution in [0.25, 0.3) is 0 Å². The molecule has 3 N–H and O–H groups in total. The van der Waals surface area contributed by atoms with Crippen LogP contribution in [0, 0.1) is 11.3 Å². The summed E-state index contributed by atoms with van der Waals surface area (Å²) in [7, 11) is 0. The predicted molar refractivity (Wildman–Crippen MR) is 102 cm³/mol. The van der Waals surface area contributed by atoms with Crippen molar-refractivity contribution in [1.82, 2.24) is 19.8 Å². The number of fused-ring (bicyclic) bond motifs is 1. The number of aromatic amines is 1. The van der Waals surface area contributed by atoms with Gasteiger partial charge in [0, 0.05) is 24.4 Å². The number of rotatable bonds is 6. The third kappa shape index (κ3) is 4.21. The molecular weight excluding hydrogens is 434 g/mol. The Morgan fingerprint density at radius 3 is 2.71 bits per heavy atom. The van der Waals surface area contributed by atoms with Gasteiger partial charge in [-0.2, -0.15) is 5.26 Å². The van der Waals surface area contributed by atoms with Gasteiger partial charge in [-0.1, -0.05) is 0 Å². The zero-order valence-corrected chi connectivity index (χ0v) is 16.7. The molecule has 1 fully saturated rings. The molecule has 2 aliphatic heterocycles. The fourth-order valence-electron chi connectivity index (χ4n) is 3.06. The lowest BCUT2D eigenvalue weighted by atomic mass is 10.0. The molecule has 0 aromatic carbocycles. The number of aromatic nitrogens is 2. The van der Waals surface area contributed by atoms with Crippen LogP contribution >= 0.6 is 11.8 Å². The Morgan fingerprint density at radius 2 is 2.10 bits per heavy atom. The average Bonchev–Trinajstić information content (AvgIpc) is 2.71. The Balaban J connectivity index is 1.73. The van der Waals surface area contributed by atoms with E-state index in [-0.39, 0.29) is 29.2 Å². The SMILES string of the molecule is CC(=O)OCC1=C(C(=O)O)N2C(=O)[C@@H](NC(=O)Cn3cc(C#N)c(=O)[nH]c3=O)[C@H]2SC1. The minimum Gasteiger partial charge on any atom is -0.477 e. The Bertz CT molecular complexity index is 1180. The first-order valence-electron chi connectivity index (χ1n) is 8.70. The summed E-state index contributed by atoms with van der Waals surface area (Å²) < 4.78 is 5.65. The fourth-order valence-corrected chi connectivity index (χ4v) is 4.39.